The Bertz CT molecular complexity index is 465. The molecule has 0 radical (unpaired) electrons. The van der Waals surface area contributed by atoms with Crippen LogP contribution in [-0.2, 0) is 6.54 Å². The third-order valence-electron chi connectivity index (χ3n) is 3.59. The summed E-state index contributed by atoms with van der Waals surface area (Å²) >= 11 is 6.18. The van der Waals surface area contributed by atoms with Crippen molar-refractivity contribution in [2.45, 2.75) is 19.4 Å². The lowest BCUT2D eigenvalue weighted by atomic mass is 9.98. The molecule has 1 aromatic rings. The van der Waals surface area contributed by atoms with Crippen LogP contribution in [0.4, 0.5) is 0 Å². The minimum Gasteiger partial charge on any atom is -0.396 e. The predicted molar refractivity (Wildman–Crippen MR) is 75.1 cm³/mol. The average molecular weight is 283 g/mol. The molecule has 4 nitrogen and oxygen atoms in total. The number of carbonyl (C=O) groups is 1. The Kier molecular flexibility index (Phi) is 4.80. The van der Waals surface area contributed by atoms with Gasteiger partial charge in [-0.2, -0.15) is 0 Å². The quantitative estimate of drug-likeness (QED) is 0.882. The zero-order chi connectivity index (χ0) is 13.8. The zero-order valence-electron chi connectivity index (χ0n) is 10.8. The van der Waals surface area contributed by atoms with E-state index in [1.54, 1.807) is 12.1 Å². The van der Waals surface area contributed by atoms with Crippen LogP contribution in [0.25, 0.3) is 0 Å². The van der Waals surface area contributed by atoms with Crippen molar-refractivity contribution < 1.29 is 9.90 Å². The summed E-state index contributed by atoms with van der Waals surface area (Å²) in [5.74, 6) is -0.107. The molecular weight excluding hydrogens is 264 g/mol. The van der Waals surface area contributed by atoms with E-state index >= 15 is 0 Å². The Labute approximate surface area is 118 Å². The number of nitrogens with two attached hydrogens (primary N) is 1. The van der Waals surface area contributed by atoms with Gasteiger partial charge in [0, 0.05) is 30.3 Å². The molecule has 0 aromatic heterocycles. The first-order valence-electron chi connectivity index (χ1n) is 6.51. The molecule has 0 aliphatic carbocycles. The topological polar surface area (TPSA) is 66.6 Å². The molecule has 2 rings (SSSR count). The predicted octanol–water partition coefficient (Wildman–Crippen LogP) is 1.64. The van der Waals surface area contributed by atoms with Crippen molar-refractivity contribution in [3.63, 3.8) is 0 Å². The first-order valence-corrected chi connectivity index (χ1v) is 6.89. The van der Waals surface area contributed by atoms with Crippen molar-refractivity contribution >= 4 is 17.5 Å². The van der Waals surface area contributed by atoms with Gasteiger partial charge in [0.05, 0.1) is 0 Å². The van der Waals surface area contributed by atoms with Gasteiger partial charge in [-0.25, -0.2) is 0 Å². The van der Waals surface area contributed by atoms with Gasteiger partial charge in [-0.05, 0) is 43.0 Å². The monoisotopic (exact) mass is 282 g/mol. The van der Waals surface area contributed by atoms with Crippen molar-refractivity contribution in [3.05, 3.63) is 34.3 Å². The smallest absolute Gasteiger partial charge is 0.248 e. The molecule has 1 aliphatic heterocycles. The number of piperidine rings is 1. The van der Waals surface area contributed by atoms with Crippen LogP contribution in [0.1, 0.15) is 28.8 Å². The highest BCUT2D eigenvalue weighted by Gasteiger charge is 2.20. The van der Waals surface area contributed by atoms with Gasteiger partial charge in [-0.3, -0.25) is 9.69 Å². The van der Waals surface area contributed by atoms with Gasteiger partial charge >= 0.3 is 0 Å². The van der Waals surface area contributed by atoms with Gasteiger partial charge in [-0.15, -0.1) is 0 Å². The normalized spacial score (nSPS) is 20.4. The van der Waals surface area contributed by atoms with E-state index in [0.717, 1.165) is 38.0 Å². The van der Waals surface area contributed by atoms with Gasteiger partial charge in [-0.1, -0.05) is 17.7 Å². The van der Waals surface area contributed by atoms with E-state index in [4.69, 9.17) is 17.3 Å². The molecule has 19 heavy (non-hydrogen) atoms. The summed E-state index contributed by atoms with van der Waals surface area (Å²) in [6, 6.07) is 5.18. The summed E-state index contributed by atoms with van der Waals surface area (Å²) in [4.78, 5) is 13.3. The van der Waals surface area contributed by atoms with Crippen LogP contribution in [0.5, 0.6) is 0 Å². The van der Waals surface area contributed by atoms with E-state index in [1.165, 1.54) is 0 Å². The Morgan fingerprint density at radius 2 is 2.32 bits per heavy atom. The van der Waals surface area contributed by atoms with Crippen molar-refractivity contribution in [2.75, 3.05) is 19.7 Å². The van der Waals surface area contributed by atoms with Crippen molar-refractivity contribution in [3.8, 4) is 0 Å². The van der Waals surface area contributed by atoms with Crippen molar-refractivity contribution in [2.24, 2.45) is 11.7 Å². The minimum absolute atomic E-state index is 0.241. The number of aliphatic hydroxyl groups is 1. The summed E-state index contributed by atoms with van der Waals surface area (Å²) in [6.07, 6.45) is 2.18. The highest BCUT2D eigenvalue weighted by Crippen LogP contribution is 2.23. The van der Waals surface area contributed by atoms with Crippen LogP contribution < -0.4 is 5.73 Å². The first kappa shape index (κ1) is 14.3. The molecule has 1 unspecified atom stereocenters. The minimum atomic E-state index is -0.466. The molecule has 1 saturated heterocycles. The van der Waals surface area contributed by atoms with Crippen LogP contribution in [0, 0.1) is 5.92 Å². The maximum Gasteiger partial charge on any atom is 0.248 e. The lowest BCUT2D eigenvalue weighted by Crippen LogP contribution is -2.36. The summed E-state index contributed by atoms with van der Waals surface area (Å²) in [6.45, 7) is 2.90. The number of hydrogen-bond donors (Lipinski definition) is 2. The molecule has 104 valence electrons. The van der Waals surface area contributed by atoms with Gasteiger partial charge in [0.15, 0.2) is 0 Å². The lowest BCUT2D eigenvalue weighted by molar-refractivity contribution is 0.1000. The van der Waals surface area contributed by atoms with Crippen LogP contribution in [0.15, 0.2) is 18.2 Å². The second-order valence-corrected chi connectivity index (χ2v) is 5.50. The van der Waals surface area contributed by atoms with Crippen LogP contribution in [0.2, 0.25) is 5.02 Å². The molecule has 1 amide bonds. The highest BCUT2D eigenvalue weighted by molar-refractivity contribution is 6.31. The van der Waals surface area contributed by atoms with Gasteiger partial charge in [0.1, 0.15) is 0 Å². The number of aliphatic hydroxyl groups excluding tert-OH is 1. The fraction of sp³-hybridized carbons (Fsp3) is 0.500. The lowest BCUT2D eigenvalue weighted by Gasteiger charge is -2.32. The van der Waals surface area contributed by atoms with Crippen molar-refractivity contribution in [1.29, 1.82) is 0 Å². The Hall–Kier alpha value is -1.10. The number of primary amides is 1. The molecule has 1 atom stereocenters. The number of halogens is 1. The standard InChI is InChI=1S/C14H19ClN2O2/c15-13-6-11(14(16)19)3-4-12(13)8-17-5-1-2-10(7-17)9-18/h3-4,6,10,18H,1-2,5,7-9H2,(H2,16,19). The molecule has 1 heterocycles. The molecule has 0 spiro atoms. The SMILES string of the molecule is NC(=O)c1ccc(CN2CCCC(CO)C2)c(Cl)c1. The molecule has 0 saturated carbocycles. The fourth-order valence-electron chi connectivity index (χ4n) is 2.51. The third kappa shape index (κ3) is 3.69. The molecule has 1 aromatic carbocycles. The Morgan fingerprint density at radius 3 is 2.95 bits per heavy atom. The first-order chi connectivity index (χ1) is 9.10. The number of rotatable bonds is 4. The number of likely N-dealkylation sites (tertiary alicyclic amines) is 1. The molecular formula is C14H19ClN2O2. The van der Waals surface area contributed by atoms with Crippen LogP contribution in [-0.4, -0.2) is 35.6 Å². The summed E-state index contributed by atoms with van der Waals surface area (Å²) in [5, 5.41) is 9.79. The summed E-state index contributed by atoms with van der Waals surface area (Å²) < 4.78 is 0. The zero-order valence-corrected chi connectivity index (χ0v) is 11.6. The number of hydrogen-bond acceptors (Lipinski definition) is 3. The van der Waals surface area contributed by atoms with E-state index < -0.39 is 5.91 Å². The number of nitrogens with zero attached hydrogens (tertiary/aromatic N) is 1. The van der Waals surface area contributed by atoms with Gasteiger partial charge in [0.25, 0.3) is 0 Å². The fourth-order valence-corrected chi connectivity index (χ4v) is 2.75. The average Bonchev–Trinajstić information content (AvgIpc) is 2.41. The molecule has 0 bridgehead atoms. The second-order valence-electron chi connectivity index (χ2n) is 5.10. The van der Waals surface area contributed by atoms with Gasteiger partial charge in [0.2, 0.25) is 5.91 Å². The van der Waals surface area contributed by atoms with E-state index in [2.05, 4.69) is 4.90 Å². The number of benzene rings is 1. The van der Waals surface area contributed by atoms with Crippen molar-refractivity contribution in [1.82, 2.24) is 4.90 Å². The van der Waals surface area contributed by atoms with E-state index in [9.17, 15) is 9.90 Å². The third-order valence-corrected chi connectivity index (χ3v) is 3.94. The molecule has 5 heteroatoms. The second kappa shape index (κ2) is 6.37. The van der Waals surface area contributed by atoms with Gasteiger partial charge < -0.3 is 10.8 Å². The number of carbonyl (C=O) groups excluding carboxylic acids is 1. The van der Waals surface area contributed by atoms with Crippen LogP contribution >= 0.6 is 11.6 Å². The van der Waals surface area contributed by atoms with E-state index in [1.807, 2.05) is 6.07 Å². The van der Waals surface area contributed by atoms with E-state index in [-0.39, 0.29) is 6.61 Å². The Morgan fingerprint density at radius 1 is 1.53 bits per heavy atom. The number of amides is 1. The Balaban J connectivity index is 2.04. The molecule has 1 aliphatic rings. The largest absolute Gasteiger partial charge is 0.396 e. The molecule has 3 N–H and O–H groups in total. The molecule has 1 fully saturated rings. The maximum absolute atomic E-state index is 11.1. The maximum atomic E-state index is 11.1. The van der Waals surface area contributed by atoms with E-state index in [0.29, 0.717) is 16.5 Å². The summed E-state index contributed by atoms with van der Waals surface area (Å²) in [7, 11) is 0. The summed E-state index contributed by atoms with van der Waals surface area (Å²) in [5.41, 5.74) is 6.64. The highest BCUT2D eigenvalue weighted by atomic mass is 35.5. The van der Waals surface area contributed by atoms with Crippen LogP contribution in [0.3, 0.4) is 0 Å².